The molecule has 0 saturated carbocycles. The first kappa shape index (κ1) is 21.8. The van der Waals surface area contributed by atoms with Gasteiger partial charge in [0.05, 0.1) is 14.2 Å². The number of para-hydroxylation sites is 1. The van der Waals surface area contributed by atoms with E-state index >= 15 is 0 Å². The summed E-state index contributed by atoms with van der Waals surface area (Å²) >= 11 is 0. The number of benzene rings is 1. The molecule has 0 bridgehead atoms. The van der Waals surface area contributed by atoms with Crippen LogP contribution in [0.25, 0.3) is 6.08 Å². The molecule has 0 spiro atoms. The molecule has 134 valence electrons. The van der Waals surface area contributed by atoms with Crippen molar-refractivity contribution in [2.24, 2.45) is 0 Å². The van der Waals surface area contributed by atoms with Gasteiger partial charge in [-0.15, -0.1) is 0 Å². The zero-order chi connectivity index (χ0) is 19.2. The van der Waals surface area contributed by atoms with Crippen LogP contribution in [0.5, 0.6) is 5.75 Å². The van der Waals surface area contributed by atoms with Gasteiger partial charge in [0.15, 0.2) is 11.6 Å². The first-order chi connectivity index (χ1) is 11.9. The zero-order valence-corrected chi connectivity index (χ0v) is 13.9. The highest BCUT2D eigenvalue weighted by Crippen LogP contribution is 2.25. The number of hydrogen-bond acceptors (Lipinski definition) is 7. The van der Waals surface area contributed by atoms with E-state index in [1.165, 1.54) is 44.6 Å². The molecular formula is C17H17FO7. The highest BCUT2D eigenvalue weighted by molar-refractivity contribution is 5.93. The quantitative estimate of drug-likeness (QED) is 0.570. The van der Waals surface area contributed by atoms with Crippen LogP contribution in [0.4, 0.5) is 4.39 Å². The van der Waals surface area contributed by atoms with Gasteiger partial charge in [-0.3, -0.25) is 0 Å². The van der Waals surface area contributed by atoms with Crippen molar-refractivity contribution < 1.29 is 37.8 Å². The van der Waals surface area contributed by atoms with Crippen LogP contribution in [-0.2, 0) is 28.7 Å². The number of ether oxygens (including phenoxy) is 3. The lowest BCUT2D eigenvalue weighted by molar-refractivity contribution is -0.191. The van der Waals surface area contributed by atoms with Crippen LogP contribution >= 0.6 is 0 Å². The van der Waals surface area contributed by atoms with Crippen molar-refractivity contribution in [3.05, 3.63) is 47.3 Å². The molecule has 0 heterocycles. The standard InChI is InChI=1S/C16H17FO5.CO2/c1-11(16(19)21-3)10-12-6-4-7-13(17)15(12)22-9-5-8-14(18)20-2;2-1-3/h4-8,10H,9H2,1-3H3;/b8-5+,11-10+;. The Labute approximate surface area is 143 Å². The maximum atomic E-state index is 13.8. The van der Waals surface area contributed by atoms with Crippen molar-refractivity contribution in [1.29, 1.82) is 0 Å². The molecular weight excluding hydrogens is 335 g/mol. The van der Waals surface area contributed by atoms with E-state index in [9.17, 15) is 14.0 Å². The van der Waals surface area contributed by atoms with Crippen molar-refractivity contribution >= 4 is 24.2 Å². The van der Waals surface area contributed by atoms with E-state index in [0.29, 0.717) is 11.1 Å². The summed E-state index contributed by atoms with van der Waals surface area (Å²) in [7, 11) is 2.52. The number of halogens is 1. The van der Waals surface area contributed by atoms with Crippen LogP contribution in [0.15, 0.2) is 35.9 Å². The Morgan fingerprint density at radius 3 is 2.40 bits per heavy atom. The van der Waals surface area contributed by atoms with Gasteiger partial charge in [-0.2, -0.15) is 9.59 Å². The van der Waals surface area contributed by atoms with Crippen molar-refractivity contribution in [3.8, 4) is 5.75 Å². The van der Waals surface area contributed by atoms with Gasteiger partial charge in [0, 0.05) is 17.2 Å². The summed E-state index contributed by atoms with van der Waals surface area (Å²) in [6, 6.07) is 4.35. The Morgan fingerprint density at radius 2 is 1.84 bits per heavy atom. The number of rotatable bonds is 6. The fourth-order valence-electron chi connectivity index (χ4n) is 1.59. The fraction of sp³-hybridized carbons (Fsp3) is 0.235. The summed E-state index contributed by atoms with van der Waals surface area (Å²) < 4.78 is 28.2. The number of esters is 2. The minimum absolute atomic E-state index is 0.0136. The van der Waals surface area contributed by atoms with Gasteiger partial charge in [-0.25, -0.2) is 14.0 Å². The molecule has 0 amide bonds. The third-order valence-corrected chi connectivity index (χ3v) is 2.66. The Morgan fingerprint density at radius 1 is 1.20 bits per heavy atom. The molecule has 0 saturated heterocycles. The second-order valence-electron chi connectivity index (χ2n) is 4.30. The zero-order valence-electron chi connectivity index (χ0n) is 13.9. The Kier molecular flexibility index (Phi) is 10.6. The van der Waals surface area contributed by atoms with E-state index in [2.05, 4.69) is 9.47 Å². The average Bonchev–Trinajstić information content (AvgIpc) is 2.60. The second kappa shape index (κ2) is 12.2. The van der Waals surface area contributed by atoms with E-state index in [1.54, 1.807) is 13.0 Å². The van der Waals surface area contributed by atoms with Crippen molar-refractivity contribution in [3.63, 3.8) is 0 Å². The fourth-order valence-corrected chi connectivity index (χ4v) is 1.59. The monoisotopic (exact) mass is 352 g/mol. The van der Waals surface area contributed by atoms with E-state index in [0.717, 1.165) is 0 Å². The summed E-state index contributed by atoms with van der Waals surface area (Å²) in [6.45, 7) is 1.53. The SMILES string of the molecule is COC(=O)/C=C/COc1c(F)cccc1/C=C(\C)C(=O)OC.O=C=O. The average molecular weight is 352 g/mol. The number of carbonyl (C=O) groups is 2. The third kappa shape index (κ3) is 8.24. The van der Waals surface area contributed by atoms with Gasteiger partial charge in [-0.05, 0) is 25.1 Å². The first-order valence-electron chi connectivity index (χ1n) is 6.82. The predicted molar refractivity (Wildman–Crippen MR) is 83.7 cm³/mol. The van der Waals surface area contributed by atoms with E-state index in [1.807, 2.05) is 0 Å². The lowest BCUT2D eigenvalue weighted by atomic mass is 10.1. The molecule has 8 heteroatoms. The van der Waals surface area contributed by atoms with Crippen LogP contribution in [0.1, 0.15) is 12.5 Å². The van der Waals surface area contributed by atoms with E-state index in [-0.39, 0.29) is 18.5 Å². The highest BCUT2D eigenvalue weighted by Gasteiger charge is 2.10. The molecule has 0 atom stereocenters. The molecule has 0 aliphatic heterocycles. The van der Waals surface area contributed by atoms with Crippen LogP contribution in [0.2, 0.25) is 0 Å². The van der Waals surface area contributed by atoms with Crippen LogP contribution in [0, 0.1) is 5.82 Å². The van der Waals surface area contributed by atoms with Crippen molar-refractivity contribution in [1.82, 2.24) is 0 Å². The topological polar surface area (TPSA) is 96.0 Å². The van der Waals surface area contributed by atoms with Gasteiger partial charge in [0.25, 0.3) is 0 Å². The predicted octanol–water partition coefficient (Wildman–Crippen LogP) is 1.93. The molecule has 1 aromatic rings. The summed E-state index contributed by atoms with van der Waals surface area (Å²) in [5.74, 6) is -1.63. The molecule has 0 N–H and O–H groups in total. The summed E-state index contributed by atoms with van der Waals surface area (Å²) in [6.07, 6.45) is 4.29. The minimum Gasteiger partial charge on any atom is -0.486 e. The minimum atomic E-state index is -0.571. The molecule has 1 aromatic carbocycles. The highest BCUT2D eigenvalue weighted by atomic mass is 19.1. The van der Waals surface area contributed by atoms with Crippen molar-refractivity contribution in [2.75, 3.05) is 20.8 Å². The van der Waals surface area contributed by atoms with E-state index < -0.39 is 17.8 Å². The van der Waals surface area contributed by atoms with Crippen molar-refractivity contribution in [2.45, 2.75) is 6.92 Å². The Hall–Kier alpha value is -3.25. The summed E-state index contributed by atoms with van der Waals surface area (Å²) in [5.41, 5.74) is 0.706. The lowest BCUT2D eigenvalue weighted by Crippen LogP contribution is -2.03. The maximum Gasteiger partial charge on any atom is 0.373 e. The third-order valence-electron chi connectivity index (χ3n) is 2.66. The molecule has 0 aliphatic carbocycles. The van der Waals surface area contributed by atoms with E-state index in [4.69, 9.17) is 14.3 Å². The molecule has 1 rings (SSSR count). The van der Waals surface area contributed by atoms with Gasteiger partial charge < -0.3 is 14.2 Å². The molecule has 0 fully saturated rings. The molecule has 0 aliphatic rings. The molecule has 7 nitrogen and oxygen atoms in total. The molecule has 0 aromatic heterocycles. The van der Waals surface area contributed by atoms with Gasteiger partial charge in [0.1, 0.15) is 6.61 Å². The molecule has 0 radical (unpaired) electrons. The van der Waals surface area contributed by atoms with Crippen LogP contribution in [0.3, 0.4) is 0 Å². The molecule has 25 heavy (non-hydrogen) atoms. The smallest absolute Gasteiger partial charge is 0.373 e. The summed E-state index contributed by atoms with van der Waals surface area (Å²) in [4.78, 5) is 38.6. The molecule has 0 unspecified atom stereocenters. The largest absolute Gasteiger partial charge is 0.486 e. The number of methoxy groups -OCH3 is 2. The summed E-state index contributed by atoms with van der Waals surface area (Å²) in [5, 5.41) is 0. The number of carbonyl (C=O) groups excluding carboxylic acids is 4. The second-order valence-corrected chi connectivity index (χ2v) is 4.30. The normalized spacial score (nSPS) is 10.3. The maximum absolute atomic E-state index is 13.8. The van der Waals surface area contributed by atoms with Gasteiger partial charge >= 0.3 is 18.1 Å². The first-order valence-corrected chi connectivity index (χ1v) is 6.82. The van der Waals surface area contributed by atoms with Gasteiger partial charge in [0.2, 0.25) is 0 Å². The Bertz CT molecular complexity index is 686. The van der Waals surface area contributed by atoms with Crippen LogP contribution < -0.4 is 4.74 Å². The van der Waals surface area contributed by atoms with Crippen LogP contribution in [-0.4, -0.2) is 38.9 Å². The number of hydrogen-bond donors (Lipinski definition) is 0. The van der Waals surface area contributed by atoms with Gasteiger partial charge in [-0.1, -0.05) is 12.1 Å². The lowest BCUT2D eigenvalue weighted by Gasteiger charge is -2.09. The Balaban J connectivity index is 0.00000178.